The van der Waals surface area contributed by atoms with Crippen molar-refractivity contribution in [3.8, 4) is 5.75 Å². The lowest BCUT2D eigenvalue weighted by Crippen LogP contribution is -2.06. The van der Waals surface area contributed by atoms with E-state index in [1.165, 1.54) is 20.3 Å². The van der Waals surface area contributed by atoms with Gasteiger partial charge in [0.05, 0.1) is 19.1 Å². The second-order valence-corrected chi connectivity index (χ2v) is 2.86. The number of ether oxygens (including phenoxy) is 2. The minimum absolute atomic E-state index is 0.0362. The second-order valence-electron chi connectivity index (χ2n) is 2.86. The first-order valence-electron chi connectivity index (χ1n) is 4.21. The molecule has 0 aliphatic rings. The van der Waals surface area contributed by atoms with Gasteiger partial charge in [0.2, 0.25) is 0 Å². The van der Waals surface area contributed by atoms with Crippen LogP contribution in [0.15, 0.2) is 12.1 Å². The molecule has 0 heterocycles. The minimum atomic E-state index is -0.722. The van der Waals surface area contributed by atoms with Crippen molar-refractivity contribution in [1.29, 1.82) is 0 Å². The normalized spacial score (nSPS) is 9.62. The summed E-state index contributed by atoms with van der Waals surface area (Å²) < 4.78 is 9.35. The molecule has 0 aliphatic heterocycles. The van der Waals surface area contributed by atoms with E-state index in [0.29, 0.717) is 0 Å². The first-order chi connectivity index (χ1) is 7.51. The molecule has 0 spiro atoms. The number of nitrogens with zero attached hydrogens (tertiary/aromatic N) is 1. The fraction of sp³-hybridized carbons (Fsp3) is 0.222. The van der Waals surface area contributed by atoms with Crippen molar-refractivity contribution >= 4 is 17.3 Å². The van der Waals surface area contributed by atoms with Gasteiger partial charge in [-0.3, -0.25) is 10.1 Å². The van der Waals surface area contributed by atoms with E-state index in [1.807, 2.05) is 0 Å². The molecule has 0 amide bonds. The van der Waals surface area contributed by atoms with Crippen LogP contribution in [-0.4, -0.2) is 25.1 Å². The summed E-state index contributed by atoms with van der Waals surface area (Å²) in [7, 11) is 2.50. The zero-order valence-corrected chi connectivity index (χ0v) is 8.72. The maximum Gasteiger partial charge on any atom is 0.341 e. The van der Waals surface area contributed by atoms with Crippen molar-refractivity contribution in [3.05, 3.63) is 27.8 Å². The Kier molecular flexibility index (Phi) is 3.29. The van der Waals surface area contributed by atoms with Crippen molar-refractivity contribution in [2.45, 2.75) is 0 Å². The second kappa shape index (κ2) is 4.47. The lowest BCUT2D eigenvalue weighted by Gasteiger charge is -2.07. The number of esters is 1. The van der Waals surface area contributed by atoms with Gasteiger partial charge in [-0.1, -0.05) is 0 Å². The zero-order chi connectivity index (χ0) is 12.3. The minimum Gasteiger partial charge on any atom is -0.496 e. The number of methoxy groups -OCH3 is 2. The van der Waals surface area contributed by atoms with E-state index < -0.39 is 10.9 Å². The monoisotopic (exact) mass is 226 g/mol. The van der Waals surface area contributed by atoms with Crippen LogP contribution in [0.4, 0.5) is 11.4 Å². The maximum atomic E-state index is 11.3. The summed E-state index contributed by atoms with van der Waals surface area (Å²) in [6, 6.07) is 2.24. The van der Waals surface area contributed by atoms with Crippen LogP contribution in [-0.2, 0) is 4.74 Å². The number of nitro groups is 1. The molecule has 16 heavy (non-hydrogen) atoms. The van der Waals surface area contributed by atoms with Gasteiger partial charge in [-0.15, -0.1) is 0 Å². The van der Waals surface area contributed by atoms with Crippen LogP contribution >= 0.6 is 0 Å². The molecule has 2 N–H and O–H groups in total. The Balaban J connectivity index is 3.40. The topological polar surface area (TPSA) is 105 Å². The van der Waals surface area contributed by atoms with E-state index >= 15 is 0 Å². The van der Waals surface area contributed by atoms with E-state index in [9.17, 15) is 14.9 Å². The van der Waals surface area contributed by atoms with Crippen molar-refractivity contribution in [2.24, 2.45) is 0 Å². The number of carbonyl (C=O) groups excluding carboxylic acids is 1. The fourth-order valence-corrected chi connectivity index (χ4v) is 1.18. The highest BCUT2D eigenvalue weighted by molar-refractivity contribution is 5.94. The Morgan fingerprint density at radius 3 is 2.50 bits per heavy atom. The third-order valence-electron chi connectivity index (χ3n) is 1.95. The summed E-state index contributed by atoms with van der Waals surface area (Å²) in [4.78, 5) is 21.3. The zero-order valence-electron chi connectivity index (χ0n) is 8.72. The molecule has 0 bridgehead atoms. The first kappa shape index (κ1) is 11.8. The molecule has 0 aromatic heterocycles. The average molecular weight is 226 g/mol. The summed E-state index contributed by atoms with van der Waals surface area (Å²) in [5, 5.41) is 10.6. The third kappa shape index (κ3) is 2.02. The first-order valence-corrected chi connectivity index (χ1v) is 4.21. The molecule has 0 aliphatic carbocycles. The van der Waals surface area contributed by atoms with E-state index in [2.05, 4.69) is 4.74 Å². The smallest absolute Gasteiger partial charge is 0.341 e. The molecule has 86 valence electrons. The standard InChI is InChI=1S/C9H10N2O5/c1-15-8-4-6(10)7(11(13)14)3-5(8)9(12)16-2/h3-4H,10H2,1-2H3. The molecule has 1 rings (SSSR count). The van der Waals surface area contributed by atoms with Gasteiger partial charge < -0.3 is 15.2 Å². The quantitative estimate of drug-likeness (QED) is 0.356. The van der Waals surface area contributed by atoms with Gasteiger partial charge in [0, 0.05) is 12.1 Å². The Bertz CT molecular complexity index is 444. The average Bonchev–Trinajstić information content (AvgIpc) is 2.27. The Morgan fingerprint density at radius 2 is 2.06 bits per heavy atom. The molecule has 7 heteroatoms. The summed E-state index contributed by atoms with van der Waals surface area (Å²) in [5.41, 5.74) is 4.96. The molecule has 1 aromatic carbocycles. The number of anilines is 1. The van der Waals surface area contributed by atoms with Crippen LogP contribution in [0.5, 0.6) is 5.75 Å². The van der Waals surface area contributed by atoms with E-state index in [-0.39, 0.29) is 22.7 Å². The van der Waals surface area contributed by atoms with Crippen LogP contribution < -0.4 is 10.5 Å². The third-order valence-corrected chi connectivity index (χ3v) is 1.95. The fourth-order valence-electron chi connectivity index (χ4n) is 1.18. The Hall–Kier alpha value is -2.31. The van der Waals surface area contributed by atoms with Gasteiger partial charge in [0.25, 0.3) is 5.69 Å². The molecule has 1 aromatic rings. The van der Waals surface area contributed by atoms with Crippen LogP contribution in [0.25, 0.3) is 0 Å². The Morgan fingerprint density at radius 1 is 1.44 bits per heavy atom. The van der Waals surface area contributed by atoms with Crippen molar-refractivity contribution in [3.63, 3.8) is 0 Å². The molecular formula is C9H10N2O5. The Labute approximate surface area is 90.9 Å². The number of rotatable bonds is 3. The van der Waals surface area contributed by atoms with Crippen molar-refractivity contribution in [1.82, 2.24) is 0 Å². The molecule has 0 radical (unpaired) electrons. The van der Waals surface area contributed by atoms with Gasteiger partial charge in [-0.25, -0.2) is 4.79 Å². The lowest BCUT2D eigenvalue weighted by atomic mass is 10.1. The van der Waals surface area contributed by atoms with Gasteiger partial charge >= 0.3 is 5.97 Å². The van der Waals surface area contributed by atoms with Crippen molar-refractivity contribution in [2.75, 3.05) is 20.0 Å². The highest BCUT2D eigenvalue weighted by atomic mass is 16.6. The van der Waals surface area contributed by atoms with Crippen LogP contribution in [0.1, 0.15) is 10.4 Å². The van der Waals surface area contributed by atoms with E-state index in [1.54, 1.807) is 0 Å². The number of nitrogens with two attached hydrogens (primary N) is 1. The molecule has 0 saturated heterocycles. The number of hydrogen-bond acceptors (Lipinski definition) is 6. The summed E-state index contributed by atoms with van der Waals surface area (Å²) >= 11 is 0. The predicted molar refractivity (Wildman–Crippen MR) is 55.4 cm³/mol. The molecular weight excluding hydrogens is 216 g/mol. The molecule has 0 saturated carbocycles. The number of hydrogen-bond donors (Lipinski definition) is 1. The predicted octanol–water partition coefficient (Wildman–Crippen LogP) is 0.972. The van der Waals surface area contributed by atoms with E-state index in [0.717, 1.165) is 6.07 Å². The number of nitro benzene ring substituents is 1. The number of carbonyl (C=O) groups is 1. The number of benzene rings is 1. The highest BCUT2D eigenvalue weighted by Gasteiger charge is 2.21. The molecule has 7 nitrogen and oxygen atoms in total. The maximum absolute atomic E-state index is 11.3. The lowest BCUT2D eigenvalue weighted by molar-refractivity contribution is -0.383. The van der Waals surface area contributed by atoms with E-state index in [4.69, 9.17) is 10.5 Å². The summed E-state index contributed by atoms with van der Waals surface area (Å²) in [6.07, 6.45) is 0. The molecule has 0 atom stereocenters. The van der Waals surface area contributed by atoms with Gasteiger partial charge in [-0.05, 0) is 0 Å². The van der Waals surface area contributed by atoms with Crippen LogP contribution in [0, 0.1) is 10.1 Å². The van der Waals surface area contributed by atoms with Crippen molar-refractivity contribution < 1.29 is 19.2 Å². The number of nitrogen functional groups attached to an aromatic ring is 1. The van der Waals surface area contributed by atoms with Gasteiger partial charge in [0.15, 0.2) is 0 Å². The molecule has 0 unspecified atom stereocenters. The van der Waals surface area contributed by atoms with Gasteiger partial charge in [-0.2, -0.15) is 0 Å². The largest absolute Gasteiger partial charge is 0.496 e. The van der Waals surface area contributed by atoms with Gasteiger partial charge in [0.1, 0.15) is 17.0 Å². The van der Waals surface area contributed by atoms with Crippen LogP contribution in [0.3, 0.4) is 0 Å². The SMILES string of the molecule is COC(=O)c1cc([N+](=O)[O-])c(N)cc1OC. The summed E-state index contributed by atoms with van der Waals surface area (Å²) in [5.74, 6) is -0.588. The summed E-state index contributed by atoms with van der Waals surface area (Å²) in [6.45, 7) is 0. The highest BCUT2D eigenvalue weighted by Crippen LogP contribution is 2.30. The van der Waals surface area contributed by atoms with Crippen LogP contribution in [0.2, 0.25) is 0 Å². The molecule has 0 fully saturated rings.